The summed E-state index contributed by atoms with van der Waals surface area (Å²) in [6.45, 7) is 6.89. The van der Waals surface area contributed by atoms with Crippen molar-refractivity contribution in [3.05, 3.63) is 16.5 Å². The van der Waals surface area contributed by atoms with Gasteiger partial charge in [-0.2, -0.15) is 0 Å². The van der Waals surface area contributed by atoms with Crippen molar-refractivity contribution in [2.75, 3.05) is 25.1 Å². The predicted octanol–water partition coefficient (Wildman–Crippen LogP) is 3.56. The van der Waals surface area contributed by atoms with Crippen LogP contribution in [0.25, 0.3) is 0 Å². The third-order valence-corrected chi connectivity index (χ3v) is 4.59. The van der Waals surface area contributed by atoms with Crippen LogP contribution in [0.3, 0.4) is 0 Å². The number of rotatable bonds is 9. The Morgan fingerprint density at radius 3 is 2.64 bits per heavy atom. The van der Waals surface area contributed by atoms with Crippen molar-refractivity contribution in [1.29, 1.82) is 0 Å². The molecule has 0 saturated heterocycles. The van der Waals surface area contributed by atoms with Crippen LogP contribution in [-0.2, 0) is 9.53 Å². The fourth-order valence-electron chi connectivity index (χ4n) is 2.23. The van der Waals surface area contributed by atoms with Gasteiger partial charge in [0.2, 0.25) is 0 Å². The second kappa shape index (κ2) is 8.78. The smallest absolute Gasteiger partial charge is 0.340 e. The molecule has 22 heavy (non-hydrogen) atoms. The minimum Gasteiger partial charge on any atom is -0.481 e. The summed E-state index contributed by atoms with van der Waals surface area (Å²) in [5.74, 6) is -1.69. The van der Waals surface area contributed by atoms with E-state index in [1.54, 1.807) is 6.92 Å². The number of carboxylic acids is 1. The number of esters is 1. The van der Waals surface area contributed by atoms with Gasteiger partial charge in [0.05, 0.1) is 18.6 Å². The Labute approximate surface area is 135 Å². The van der Waals surface area contributed by atoms with E-state index < -0.39 is 11.9 Å². The number of carbonyl (C=O) groups is 2. The monoisotopic (exact) mass is 327 g/mol. The van der Waals surface area contributed by atoms with E-state index in [4.69, 9.17) is 9.84 Å². The SMILES string of the molecule is CCCCCN(CC(C)C(=O)O)c1sc(C)cc1C(=O)OC. The second-order valence-electron chi connectivity index (χ2n) is 5.46. The summed E-state index contributed by atoms with van der Waals surface area (Å²) >= 11 is 1.51. The molecule has 124 valence electrons. The molecule has 0 saturated carbocycles. The van der Waals surface area contributed by atoms with Gasteiger partial charge in [0.15, 0.2) is 0 Å². The van der Waals surface area contributed by atoms with Crippen molar-refractivity contribution in [3.8, 4) is 0 Å². The highest BCUT2D eigenvalue weighted by Gasteiger charge is 2.23. The zero-order valence-corrected chi connectivity index (χ0v) is 14.5. The van der Waals surface area contributed by atoms with E-state index in [0.29, 0.717) is 12.1 Å². The Bertz CT molecular complexity index is 512. The van der Waals surface area contributed by atoms with Gasteiger partial charge >= 0.3 is 11.9 Å². The van der Waals surface area contributed by atoms with Gasteiger partial charge in [-0.25, -0.2) is 4.79 Å². The lowest BCUT2D eigenvalue weighted by atomic mass is 10.1. The van der Waals surface area contributed by atoms with Crippen molar-refractivity contribution in [3.63, 3.8) is 0 Å². The van der Waals surface area contributed by atoms with E-state index in [9.17, 15) is 9.59 Å². The summed E-state index contributed by atoms with van der Waals surface area (Å²) in [7, 11) is 1.36. The number of unbranched alkanes of at least 4 members (excludes halogenated alkanes) is 2. The van der Waals surface area contributed by atoms with Gasteiger partial charge in [0, 0.05) is 18.0 Å². The number of hydrogen-bond acceptors (Lipinski definition) is 5. The molecule has 0 radical (unpaired) electrons. The van der Waals surface area contributed by atoms with Crippen LogP contribution in [0.4, 0.5) is 5.00 Å². The Morgan fingerprint density at radius 1 is 1.41 bits per heavy atom. The van der Waals surface area contributed by atoms with Crippen LogP contribution in [0.1, 0.15) is 48.3 Å². The fourth-order valence-corrected chi connectivity index (χ4v) is 3.26. The molecule has 0 aliphatic rings. The third-order valence-electron chi connectivity index (χ3n) is 3.48. The summed E-state index contributed by atoms with van der Waals surface area (Å²) < 4.78 is 4.84. The van der Waals surface area contributed by atoms with Gasteiger partial charge in [-0.15, -0.1) is 11.3 Å². The third kappa shape index (κ3) is 5.02. The maximum atomic E-state index is 11.9. The van der Waals surface area contributed by atoms with Crippen molar-refractivity contribution in [2.24, 2.45) is 5.92 Å². The molecule has 0 fully saturated rings. The highest BCUT2D eigenvalue weighted by atomic mass is 32.1. The maximum Gasteiger partial charge on any atom is 0.340 e. The van der Waals surface area contributed by atoms with Gasteiger partial charge < -0.3 is 14.7 Å². The molecular formula is C16H25NO4S. The summed E-state index contributed by atoms with van der Waals surface area (Å²) in [5, 5.41) is 9.98. The van der Waals surface area contributed by atoms with E-state index in [1.807, 2.05) is 17.9 Å². The first-order valence-electron chi connectivity index (χ1n) is 7.57. The molecule has 1 unspecified atom stereocenters. The number of aliphatic carboxylic acids is 1. The molecule has 0 aliphatic carbocycles. The molecule has 1 aromatic heterocycles. The van der Waals surface area contributed by atoms with Crippen molar-refractivity contribution < 1.29 is 19.4 Å². The van der Waals surface area contributed by atoms with Gasteiger partial charge in [-0.1, -0.05) is 26.7 Å². The van der Waals surface area contributed by atoms with Crippen molar-refractivity contribution in [1.82, 2.24) is 0 Å². The largest absolute Gasteiger partial charge is 0.481 e. The Balaban J connectivity index is 3.03. The maximum absolute atomic E-state index is 11.9. The van der Waals surface area contributed by atoms with Crippen molar-refractivity contribution >= 4 is 28.3 Å². The molecule has 1 rings (SSSR count). The van der Waals surface area contributed by atoms with Crippen LogP contribution in [0, 0.1) is 12.8 Å². The van der Waals surface area contributed by atoms with Crippen LogP contribution in [0.2, 0.25) is 0 Å². The number of nitrogens with zero attached hydrogens (tertiary/aromatic N) is 1. The normalized spacial score (nSPS) is 12.0. The molecule has 1 aromatic rings. The Morgan fingerprint density at radius 2 is 2.09 bits per heavy atom. The molecule has 0 aromatic carbocycles. The average molecular weight is 327 g/mol. The second-order valence-corrected chi connectivity index (χ2v) is 6.69. The number of anilines is 1. The molecule has 5 nitrogen and oxygen atoms in total. The van der Waals surface area contributed by atoms with E-state index in [2.05, 4.69) is 6.92 Å². The summed E-state index contributed by atoms with van der Waals surface area (Å²) in [6, 6.07) is 1.81. The summed E-state index contributed by atoms with van der Waals surface area (Å²) in [4.78, 5) is 26.1. The first-order chi connectivity index (χ1) is 10.4. The molecule has 1 heterocycles. The Kier molecular flexibility index (Phi) is 7.38. The number of thiophene rings is 1. The molecule has 1 N–H and O–H groups in total. The number of aryl methyl sites for hydroxylation is 1. The van der Waals surface area contributed by atoms with Gasteiger partial charge in [-0.05, 0) is 19.4 Å². The zero-order chi connectivity index (χ0) is 16.7. The highest BCUT2D eigenvalue weighted by molar-refractivity contribution is 7.16. The molecule has 6 heteroatoms. The lowest BCUT2D eigenvalue weighted by Gasteiger charge is -2.26. The van der Waals surface area contributed by atoms with Crippen molar-refractivity contribution in [2.45, 2.75) is 40.0 Å². The van der Waals surface area contributed by atoms with E-state index in [-0.39, 0.29) is 5.97 Å². The lowest BCUT2D eigenvalue weighted by Crippen LogP contribution is -2.33. The fraction of sp³-hybridized carbons (Fsp3) is 0.625. The summed E-state index contributed by atoms with van der Waals surface area (Å²) in [5.41, 5.74) is 0.527. The minimum atomic E-state index is -0.826. The molecule has 0 aliphatic heterocycles. The van der Waals surface area contributed by atoms with Crippen LogP contribution >= 0.6 is 11.3 Å². The molecule has 0 spiro atoms. The van der Waals surface area contributed by atoms with Crippen LogP contribution < -0.4 is 4.90 Å². The number of carboxylic acid groups (broad SMARTS) is 1. The number of methoxy groups -OCH3 is 1. The number of carbonyl (C=O) groups excluding carboxylic acids is 1. The molecular weight excluding hydrogens is 302 g/mol. The minimum absolute atomic E-state index is 0.372. The van der Waals surface area contributed by atoms with E-state index in [0.717, 1.165) is 35.7 Å². The zero-order valence-electron chi connectivity index (χ0n) is 13.7. The number of hydrogen-bond donors (Lipinski definition) is 1. The average Bonchev–Trinajstić information content (AvgIpc) is 2.87. The lowest BCUT2D eigenvalue weighted by molar-refractivity contribution is -0.140. The van der Waals surface area contributed by atoms with Crippen LogP contribution in [0.15, 0.2) is 6.07 Å². The molecule has 0 amide bonds. The van der Waals surface area contributed by atoms with E-state index in [1.165, 1.54) is 18.4 Å². The van der Waals surface area contributed by atoms with Crippen LogP contribution in [-0.4, -0.2) is 37.2 Å². The summed E-state index contributed by atoms with van der Waals surface area (Å²) in [6.07, 6.45) is 3.14. The molecule has 1 atom stereocenters. The standard InChI is InChI=1S/C16H25NO4S/c1-5-6-7-8-17(10-11(2)15(18)19)14-13(16(20)21-4)9-12(3)22-14/h9,11H,5-8,10H2,1-4H3,(H,18,19). The Hall–Kier alpha value is -1.56. The first-order valence-corrected chi connectivity index (χ1v) is 8.38. The van der Waals surface area contributed by atoms with E-state index >= 15 is 0 Å². The predicted molar refractivity (Wildman–Crippen MR) is 88.9 cm³/mol. The first kappa shape index (κ1) is 18.5. The van der Waals surface area contributed by atoms with Gasteiger partial charge in [0.25, 0.3) is 0 Å². The molecule has 0 bridgehead atoms. The van der Waals surface area contributed by atoms with Crippen LogP contribution in [0.5, 0.6) is 0 Å². The quantitative estimate of drug-likeness (QED) is 0.555. The van der Waals surface area contributed by atoms with Gasteiger partial charge in [0.1, 0.15) is 5.00 Å². The highest BCUT2D eigenvalue weighted by Crippen LogP contribution is 2.32. The number of ether oxygens (including phenoxy) is 1. The topological polar surface area (TPSA) is 66.8 Å². The van der Waals surface area contributed by atoms with Gasteiger partial charge in [-0.3, -0.25) is 4.79 Å².